The molecule has 0 bridgehead atoms. The third-order valence-electron chi connectivity index (χ3n) is 5.45. The van der Waals surface area contributed by atoms with Gasteiger partial charge in [0.05, 0.1) is 17.6 Å². The minimum Gasteiger partial charge on any atom is -0.384 e. The van der Waals surface area contributed by atoms with Crippen LogP contribution in [0.2, 0.25) is 0 Å². The van der Waals surface area contributed by atoms with E-state index in [1.54, 1.807) is 11.8 Å². The number of nitrogens with two attached hydrogens (primary N) is 1. The number of rotatable bonds is 3. The first-order chi connectivity index (χ1) is 14.0. The molecule has 146 valence electrons. The molecule has 4 rings (SSSR count). The number of benzene rings is 2. The Morgan fingerprint density at radius 2 is 1.83 bits per heavy atom. The summed E-state index contributed by atoms with van der Waals surface area (Å²) in [6.07, 6.45) is 4.08. The van der Waals surface area contributed by atoms with Gasteiger partial charge in [-0.2, -0.15) is 5.26 Å². The number of nitriles is 1. The largest absolute Gasteiger partial charge is 0.384 e. The molecule has 1 aliphatic heterocycles. The van der Waals surface area contributed by atoms with Gasteiger partial charge in [-0.15, -0.1) is 11.8 Å². The molecule has 2 N–H and O–H groups in total. The smallest absolute Gasteiger partial charge is 0.161 e. The number of thioether (sulfide) groups is 1. The number of carbonyl (C=O) groups is 1. The fraction of sp³-hybridized carbons (Fsp3) is 0.217. The molecule has 0 aromatic heterocycles. The normalized spacial score (nSPS) is 19.3. The molecule has 4 nitrogen and oxygen atoms in total. The van der Waals surface area contributed by atoms with E-state index in [4.69, 9.17) is 5.73 Å². The standard InChI is InChI=1S/C23H20BrN3OS/c1-29-17-11-5-14(6-12-17)21-18(13-25)23(26)27(16-9-7-15(24)8-10-16)19-3-2-4-20(28)22(19)21/h5-12,21H,2-4,26H2,1H3/t21-/m0/s1. The number of nitrogens with zero attached hydrogens (tertiary/aromatic N) is 2. The Morgan fingerprint density at radius 3 is 2.45 bits per heavy atom. The van der Waals surface area contributed by atoms with Crippen LogP contribution in [0.5, 0.6) is 0 Å². The van der Waals surface area contributed by atoms with E-state index in [2.05, 4.69) is 22.0 Å². The van der Waals surface area contributed by atoms with Crippen molar-refractivity contribution in [3.63, 3.8) is 0 Å². The van der Waals surface area contributed by atoms with Crippen LogP contribution in [0.4, 0.5) is 5.69 Å². The highest BCUT2D eigenvalue weighted by Crippen LogP contribution is 2.46. The number of carbonyl (C=O) groups excluding carboxylic acids is 1. The SMILES string of the molecule is CSc1ccc([C@H]2C(C#N)=C(N)N(c3ccc(Br)cc3)C3=C2C(=O)CCC3)cc1. The average molecular weight is 466 g/mol. The first-order valence-corrected chi connectivity index (χ1v) is 11.4. The predicted octanol–water partition coefficient (Wildman–Crippen LogP) is 5.48. The van der Waals surface area contributed by atoms with Crippen molar-refractivity contribution < 1.29 is 4.79 Å². The second-order valence-electron chi connectivity index (χ2n) is 7.07. The highest BCUT2D eigenvalue weighted by Gasteiger charge is 2.40. The van der Waals surface area contributed by atoms with Gasteiger partial charge in [0.25, 0.3) is 0 Å². The minimum absolute atomic E-state index is 0.104. The summed E-state index contributed by atoms with van der Waals surface area (Å²) in [6.45, 7) is 0. The summed E-state index contributed by atoms with van der Waals surface area (Å²) in [5, 5.41) is 10.0. The molecule has 0 saturated carbocycles. The molecule has 29 heavy (non-hydrogen) atoms. The number of hydrogen-bond acceptors (Lipinski definition) is 5. The zero-order valence-electron chi connectivity index (χ0n) is 16.0. The van der Waals surface area contributed by atoms with Crippen molar-refractivity contribution in [2.45, 2.75) is 30.1 Å². The lowest BCUT2D eigenvalue weighted by Gasteiger charge is -2.39. The molecule has 6 heteroatoms. The number of Topliss-reactive ketones (excluding diaryl/α,β-unsaturated/α-hetero) is 1. The van der Waals surface area contributed by atoms with E-state index < -0.39 is 5.92 Å². The van der Waals surface area contributed by atoms with Crippen LogP contribution in [0.3, 0.4) is 0 Å². The van der Waals surface area contributed by atoms with Crippen LogP contribution in [-0.4, -0.2) is 12.0 Å². The number of allylic oxidation sites excluding steroid dienone is 3. The van der Waals surface area contributed by atoms with Crippen molar-refractivity contribution in [3.05, 3.63) is 81.2 Å². The van der Waals surface area contributed by atoms with Crippen molar-refractivity contribution in [3.8, 4) is 6.07 Å². The lowest BCUT2D eigenvalue weighted by atomic mass is 9.75. The van der Waals surface area contributed by atoms with E-state index in [-0.39, 0.29) is 5.78 Å². The van der Waals surface area contributed by atoms with Crippen molar-refractivity contribution in [2.75, 3.05) is 11.2 Å². The van der Waals surface area contributed by atoms with Gasteiger partial charge in [0.2, 0.25) is 0 Å². The maximum Gasteiger partial charge on any atom is 0.161 e. The van der Waals surface area contributed by atoms with Crippen LogP contribution >= 0.6 is 27.7 Å². The van der Waals surface area contributed by atoms with Crippen LogP contribution in [0.15, 0.2) is 80.6 Å². The summed E-state index contributed by atoms with van der Waals surface area (Å²) < 4.78 is 0.960. The zero-order valence-corrected chi connectivity index (χ0v) is 18.4. The maximum absolute atomic E-state index is 13.1. The van der Waals surface area contributed by atoms with Gasteiger partial charge < -0.3 is 5.73 Å². The third-order valence-corrected chi connectivity index (χ3v) is 6.72. The number of ketones is 1. The highest BCUT2D eigenvalue weighted by atomic mass is 79.9. The predicted molar refractivity (Wildman–Crippen MR) is 120 cm³/mol. The first-order valence-electron chi connectivity index (χ1n) is 9.40. The van der Waals surface area contributed by atoms with Gasteiger partial charge in [-0.05, 0) is 61.1 Å². The van der Waals surface area contributed by atoms with Gasteiger partial charge in [-0.25, -0.2) is 0 Å². The van der Waals surface area contributed by atoms with Crippen LogP contribution in [0.25, 0.3) is 0 Å². The molecule has 0 fully saturated rings. The average Bonchev–Trinajstić information content (AvgIpc) is 2.74. The molecule has 2 aromatic rings. The Bertz CT molecular complexity index is 1060. The fourth-order valence-electron chi connectivity index (χ4n) is 4.10. The summed E-state index contributed by atoms with van der Waals surface area (Å²) in [5.41, 5.74) is 10.4. The second-order valence-corrected chi connectivity index (χ2v) is 8.86. The maximum atomic E-state index is 13.1. The van der Waals surface area contributed by atoms with E-state index in [0.29, 0.717) is 23.4 Å². The van der Waals surface area contributed by atoms with Gasteiger partial charge in [0.15, 0.2) is 5.78 Å². The lowest BCUT2D eigenvalue weighted by Crippen LogP contribution is -2.38. The molecule has 2 aliphatic rings. The number of halogens is 1. The summed E-state index contributed by atoms with van der Waals surface area (Å²) in [4.78, 5) is 16.1. The van der Waals surface area contributed by atoms with Crippen molar-refractivity contribution in [2.24, 2.45) is 5.73 Å². The first kappa shape index (κ1) is 19.8. The molecule has 0 spiro atoms. The van der Waals surface area contributed by atoms with E-state index in [0.717, 1.165) is 39.2 Å². The summed E-state index contributed by atoms with van der Waals surface area (Å²) >= 11 is 5.12. The van der Waals surface area contributed by atoms with Gasteiger partial charge >= 0.3 is 0 Å². The Labute approximate surface area is 183 Å². The Balaban J connectivity index is 1.92. The van der Waals surface area contributed by atoms with Crippen molar-refractivity contribution in [1.29, 1.82) is 5.26 Å². The quantitative estimate of drug-likeness (QED) is 0.607. The molecular weight excluding hydrogens is 446 g/mol. The molecule has 1 aliphatic carbocycles. The van der Waals surface area contributed by atoms with Crippen LogP contribution in [-0.2, 0) is 4.79 Å². The molecular formula is C23H20BrN3OS. The lowest BCUT2D eigenvalue weighted by molar-refractivity contribution is -0.116. The van der Waals surface area contributed by atoms with E-state index in [9.17, 15) is 10.1 Å². The molecule has 0 unspecified atom stereocenters. The topological polar surface area (TPSA) is 70.1 Å². The Morgan fingerprint density at radius 1 is 1.14 bits per heavy atom. The molecule has 0 saturated heterocycles. The van der Waals surface area contributed by atoms with Crippen LogP contribution in [0.1, 0.15) is 30.7 Å². The Kier molecular flexibility index (Phi) is 5.53. The van der Waals surface area contributed by atoms with E-state index in [1.807, 2.05) is 59.7 Å². The van der Waals surface area contributed by atoms with E-state index >= 15 is 0 Å². The zero-order chi connectivity index (χ0) is 20.5. The van der Waals surface area contributed by atoms with Crippen molar-refractivity contribution >= 4 is 39.2 Å². The third kappa shape index (κ3) is 3.50. The van der Waals surface area contributed by atoms with Gasteiger partial charge in [0.1, 0.15) is 5.82 Å². The van der Waals surface area contributed by atoms with Gasteiger partial charge in [0, 0.05) is 32.7 Å². The second kappa shape index (κ2) is 8.10. The minimum atomic E-state index is -0.412. The molecule has 2 aromatic carbocycles. The molecule has 0 amide bonds. The number of hydrogen-bond donors (Lipinski definition) is 1. The van der Waals surface area contributed by atoms with Crippen LogP contribution < -0.4 is 10.6 Å². The number of anilines is 1. The molecule has 0 radical (unpaired) electrons. The monoisotopic (exact) mass is 465 g/mol. The van der Waals surface area contributed by atoms with Gasteiger partial charge in [-0.3, -0.25) is 9.69 Å². The fourth-order valence-corrected chi connectivity index (χ4v) is 4.77. The van der Waals surface area contributed by atoms with Crippen molar-refractivity contribution in [1.82, 2.24) is 0 Å². The van der Waals surface area contributed by atoms with E-state index in [1.165, 1.54) is 0 Å². The summed E-state index contributed by atoms with van der Waals surface area (Å²) in [6, 6.07) is 18.1. The highest BCUT2D eigenvalue weighted by molar-refractivity contribution is 9.10. The Hall–Kier alpha value is -2.49. The summed E-state index contributed by atoms with van der Waals surface area (Å²) in [7, 11) is 0. The molecule has 1 atom stereocenters. The van der Waals surface area contributed by atoms with Gasteiger partial charge in [-0.1, -0.05) is 28.1 Å². The van der Waals surface area contributed by atoms with Crippen LogP contribution in [0, 0.1) is 11.3 Å². The molecule has 1 heterocycles. The summed E-state index contributed by atoms with van der Waals surface area (Å²) in [5.74, 6) is 0.0974.